The largest absolute Gasteiger partial charge is 0.505 e. The molecule has 2 aromatic rings. The van der Waals surface area contributed by atoms with Crippen LogP contribution in [0.15, 0.2) is 30.0 Å². The number of hydrogen-bond donors (Lipinski definition) is 5. The van der Waals surface area contributed by atoms with E-state index in [4.69, 9.17) is 0 Å². The molecule has 0 saturated heterocycles. The minimum Gasteiger partial charge on any atom is -0.505 e. The fourth-order valence-electron chi connectivity index (χ4n) is 3.03. The second-order valence-electron chi connectivity index (χ2n) is 6.73. The van der Waals surface area contributed by atoms with E-state index in [1.54, 1.807) is 26.2 Å². The van der Waals surface area contributed by atoms with E-state index < -0.39 is 0 Å². The van der Waals surface area contributed by atoms with Crippen molar-refractivity contribution in [3.63, 3.8) is 0 Å². The zero-order valence-electron chi connectivity index (χ0n) is 15.6. The van der Waals surface area contributed by atoms with Gasteiger partial charge >= 0.3 is 0 Å². The van der Waals surface area contributed by atoms with Crippen LogP contribution in [0.25, 0.3) is 0 Å². The average Bonchev–Trinajstić information content (AvgIpc) is 3.22. The number of nitrogens with one attached hydrogen (secondary N) is 2. The van der Waals surface area contributed by atoms with E-state index in [0.29, 0.717) is 5.69 Å². The van der Waals surface area contributed by atoms with Crippen molar-refractivity contribution in [3.8, 4) is 17.5 Å². The number of benzene rings is 1. The van der Waals surface area contributed by atoms with Crippen LogP contribution in [0.3, 0.4) is 0 Å². The Labute approximate surface area is 157 Å². The minimum absolute atomic E-state index is 0.136. The van der Waals surface area contributed by atoms with Gasteiger partial charge in [0, 0.05) is 26.8 Å². The second-order valence-corrected chi connectivity index (χ2v) is 6.73. The first-order valence-electron chi connectivity index (χ1n) is 8.68. The molecule has 8 nitrogen and oxygen atoms in total. The maximum Gasteiger partial charge on any atom is 0.257 e. The van der Waals surface area contributed by atoms with Gasteiger partial charge in [-0.15, -0.1) is 0 Å². The topological polar surface area (TPSA) is 110 Å². The zero-order chi connectivity index (χ0) is 19.7. The van der Waals surface area contributed by atoms with E-state index in [2.05, 4.69) is 10.6 Å². The van der Waals surface area contributed by atoms with Crippen LogP contribution in [-0.2, 0) is 7.05 Å². The summed E-state index contributed by atoms with van der Waals surface area (Å²) in [6.45, 7) is 0. The van der Waals surface area contributed by atoms with Crippen LogP contribution in [-0.4, -0.2) is 44.8 Å². The summed E-state index contributed by atoms with van der Waals surface area (Å²) < 4.78 is 1.23. The number of para-hydroxylation sites is 1. The first-order valence-corrected chi connectivity index (χ1v) is 8.68. The van der Waals surface area contributed by atoms with Crippen LogP contribution in [0.5, 0.6) is 17.5 Å². The van der Waals surface area contributed by atoms with Crippen LogP contribution < -0.4 is 10.6 Å². The fraction of sp³-hybridized carbons (Fsp3) is 0.316. The lowest BCUT2D eigenvalue weighted by molar-refractivity contribution is 0.0824. The average molecular weight is 372 g/mol. The van der Waals surface area contributed by atoms with Gasteiger partial charge in [0.15, 0.2) is 5.75 Å². The Morgan fingerprint density at radius 2 is 1.78 bits per heavy atom. The Bertz CT molecular complexity index is 915. The van der Waals surface area contributed by atoms with Gasteiger partial charge in [-0.1, -0.05) is 12.1 Å². The maximum absolute atomic E-state index is 12.2. The monoisotopic (exact) mass is 372 g/mol. The number of amides is 1. The van der Waals surface area contributed by atoms with Crippen molar-refractivity contribution in [1.29, 1.82) is 0 Å². The molecule has 1 heterocycles. The Kier molecular flexibility index (Phi) is 4.89. The number of aromatic nitrogens is 1. The number of phenols is 1. The summed E-state index contributed by atoms with van der Waals surface area (Å²) in [5.41, 5.74) is 1.86. The van der Waals surface area contributed by atoms with Gasteiger partial charge in [0.1, 0.15) is 11.4 Å². The lowest BCUT2D eigenvalue weighted by Gasteiger charge is -2.15. The van der Waals surface area contributed by atoms with Crippen LogP contribution in [0.4, 0.5) is 17.1 Å². The number of nitrogens with zero attached hydrogens (tertiary/aromatic N) is 2. The number of anilines is 3. The maximum atomic E-state index is 12.2. The SMILES string of the molecule is CN(C)C(=O)c1cccc(Nc2c(NC3=CCCC3)c(O)n(C)c2O)c1O. The molecule has 0 aliphatic heterocycles. The number of carbonyl (C=O) groups excluding carboxylic acids is 1. The molecule has 1 aliphatic carbocycles. The van der Waals surface area contributed by atoms with Crippen molar-refractivity contribution in [2.24, 2.45) is 7.05 Å². The standard InChI is InChI=1S/C19H24N4O4/c1-22(2)17(25)12-9-6-10-13(16(12)24)21-15-14(18(26)23(3)19(15)27)20-11-7-4-5-8-11/h6-7,9-10,20-21,24,26-27H,4-5,8H2,1-3H3. The third-order valence-corrected chi connectivity index (χ3v) is 4.59. The molecule has 0 saturated carbocycles. The lowest BCUT2D eigenvalue weighted by Crippen LogP contribution is -2.21. The second kappa shape index (κ2) is 7.14. The molecule has 0 unspecified atom stereocenters. The predicted molar refractivity (Wildman–Crippen MR) is 104 cm³/mol. The molecule has 27 heavy (non-hydrogen) atoms. The Morgan fingerprint density at radius 1 is 1.11 bits per heavy atom. The van der Waals surface area contributed by atoms with Gasteiger partial charge in [0.2, 0.25) is 11.8 Å². The summed E-state index contributed by atoms with van der Waals surface area (Å²) >= 11 is 0. The molecule has 0 spiro atoms. The normalized spacial score (nSPS) is 13.4. The Hall–Kier alpha value is -3.29. The fourth-order valence-corrected chi connectivity index (χ4v) is 3.03. The van der Waals surface area contributed by atoms with E-state index in [1.807, 2.05) is 6.08 Å². The summed E-state index contributed by atoms with van der Waals surface area (Å²) in [7, 11) is 4.72. The van der Waals surface area contributed by atoms with Gasteiger partial charge in [0.25, 0.3) is 5.91 Å². The molecule has 8 heteroatoms. The van der Waals surface area contributed by atoms with E-state index >= 15 is 0 Å². The molecule has 1 aromatic carbocycles. The van der Waals surface area contributed by atoms with E-state index in [9.17, 15) is 20.1 Å². The van der Waals surface area contributed by atoms with Crippen molar-refractivity contribution >= 4 is 23.0 Å². The molecule has 1 aromatic heterocycles. The molecule has 3 rings (SSSR count). The highest BCUT2D eigenvalue weighted by Crippen LogP contribution is 2.46. The van der Waals surface area contributed by atoms with Gasteiger partial charge in [0.05, 0.1) is 11.3 Å². The first kappa shape index (κ1) is 18.5. The summed E-state index contributed by atoms with van der Waals surface area (Å²) in [4.78, 5) is 13.6. The van der Waals surface area contributed by atoms with Crippen LogP contribution >= 0.6 is 0 Å². The lowest BCUT2D eigenvalue weighted by atomic mass is 10.1. The number of hydrogen-bond acceptors (Lipinski definition) is 6. The number of phenolic OH excluding ortho intramolecular Hbond substituents is 1. The van der Waals surface area contributed by atoms with Crippen LogP contribution in [0.1, 0.15) is 29.6 Å². The smallest absolute Gasteiger partial charge is 0.257 e. The van der Waals surface area contributed by atoms with Crippen molar-refractivity contribution < 1.29 is 20.1 Å². The van der Waals surface area contributed by atoms with Crippen molar-refractivity contribution in [1.82, 2.24) is 9.47 Å². The quantitative estimate of drug-likeness (QED) is 0.516. The van der Waals surface area contributed by atoms with Gasteiger partial charge < -0.3 is 30.9 Å². The minimum atomic E-state index is -0.342. The highest BCUT2D eigenvalue weighted by atomic mass is 16.3. The first-order chi connectivity index (χ1) is 12.8. The summed E-state index contributed by atoms with van der Waals surface area (Å²) in [6, 6.07) is 4.74. The molecule has 1 amide bonds. The Balaban J connectivity index is 2.00. The highest BCUT2D eigenvalue weighted by molar-refractivity contribution is 5.99. The molecular formula is C19H24N4O4. The van der Waals surface area contributed by atoms with Crippen LogP contribution in [0.2, 0.25) is 0 Å². The molecule has 0 bridgehead atoms. The molecule has 1 aliphatic rings. The van der Waals surface area contributed by atoms with Crippen molar-refractivity contribution in [2.75, 3.05) is 24.7 Å². The van der Waals surface area contributed by atoms with Crippen LogP contribution in [0, 0.1) is 0 Å². The van der Waals surface area contributed by atoms with E-state index in [1.165, 1.54) is 22.6 Å². The molecule has 0 radical (unpaired) electrons. The van der Waals surface area contributed by atoms with E-state index in [-0.39, 0.29) is 40.4 Å². The van der Waals surface area contributed by atoms with E-state index in [0.717, 1.165) is 25.0 Å². The van der Waals surface area contributed by atoms with Gasteiger partial charge in [-0.25, -0.2) is 0 Å². The zero-order valence-corrected chi connectivity index (χ0v) is 15.6. The molecular weight excluding hydrogens is 348 g/mol. The van der Waals surface area contributed by atoms with Gasteiger partial charge in [-0.05, 0) is 31.4 Å². The summed E-state index contributed by atoms with van der Waals surface area (Å²) in [6.07, 6.45) is 4.88. The number of allylic oxidation sites excluding steroid dienone is 2. The molecule has 0 fully saturated rings. The number of carbonyl (C=O) groups is 1. The van der Waals surface area contributed by atoms with Crippen molar-refractivity contribution in [2.45, 2.75) is 19.3 Å². The summed E-state index contributed by atoms with van der Waals surface area (Å²) in [5, 5.41) is 37.4. The van der Waals surface area contributed by atoms with Crippen molar-refractivity contribution in [3.05, 3.63) is 35.5 Å². The molecule has 144 valence electrons. The molecule has 5 N–H and O–H groups in total. The third-order valence-electron chi connectivity index (χ3n) is 4.59. The summed E-state index contributed by atoms with van der Waals surface area (Å²) in [5.74, 6) is -0.907. The molecule has 0 atom stereocenters. The van der Waals surface area contributed by atoms with Gasteiger partial charge in [-0.3, -0.25) is 9.36 Å². The third kappa shape index (κ3) is 3.38. The van der Waals surface area contributed by atoms with Gasteiger partial charge in [-0.2, -0.15) is 0 Å². The number of aromatic hydroxyl groups is 3. The number of rotatable bonds is 5. The Morgan fingerprint density at radius 3 is 2.37 bits per heavy atom. The highest BCUT2D eigenvalue weighted by Gasteiger charge is 2.24. The predicted octanol–water partition coefficient (Wildman–Crippen LogP) is 3.07.